The molecule has 0 aromatic carbocycles. The average molecular weight is 200 g/mol. The smallest absolute Gasteiger partial charge is 0.0757 e. The van der Waals surface area contributed by atoms with E-state index in [1.54, 1.807) is 0 Å². The Morgan fingerprint density at radius 2 is 2.21 bits per heavy atom. The number of likely N-dealkylation sites (N-methyl/N-ethyl adjacent to an activating group) is 1. The minimum Gasteiger partial charge on any atom is -0.370 e. The van der Waals surface area contributed by atoms with Crippen molar-refractivity contribution >= 4 is 0 Å². The summed E-state index contributed by atoms with van der Waals surface area (Å²) >= 11 is 0. The van der Waals surface area contributed by atoms with Gasteiger partial charge in [0.05, 0.1) is 11.7 Å². The maximum atomic E-state index is 5.87. The van der Waals surface area contributed by atoms with Gasteiger partial charge in [0.1, 0.15) is 0 Å². The molecule has 1 rings (SSSR count). The fourth-order valence-corrected chi connectivity index (χ4v) is 2.26. The van der Waals surface area contributed by atoms with Crippen LogP contribution >= 0.6 is 0 Å². The Bertz CT molecular complexity index is 182. The van der Waals surface area contributed by atoms with Crippen LogP contribution in [0.3, 0.4) is 0 Å². The van der Waals surface area contributed by atoms with E-state index in [1.165, 1.54) is 0 Å². The Balaban J connectivity index is 2.53. The van der Waals surface area contributed by atoms with E-state index < -0.39 is 0 Å². The lowest BCUT2D eigenvalue weighted by atomic mass is 10.0. The van der Waals surface area contributed by atoms with Gasteiger partial charge in [0, 0.05) is 25.7 Å². The van der Waals surface area contributed by atoms with Crippen molar-refractivity contribution in [1.29, 1.82) is 0 Å². The second-order valence-electron chi connectivity index (χ2n) is 5.02. The first-order chi connectivity index (χ1) is 6.44. The van der Waals surface area contributed by atoms with Gasteiger partial charge in [0.25, 0.3) is 0 Å². The minimum atomic E-state index is -0.000329. The number of nitrogens with zero attached hydrogens (tertiary/aromatic N) is 1. The van der Waals surface area contributed by atoms with Gasteiger partial charge in [-0.1, -0.05) is 0 Å². The van der Waals surface area contributed by atoms with Crippen LogP contribution in [0.5, 0.6) is 0 Å². The molecule has 0 aromatic rings. The van der Waals surface area contributed by atoms with Gasteiger partial charge in [-0.3, -0.25) is 4.90 Å². The third kappa shape index (κ3) is 3.23. The quantitative estimate of drug-likeness (QED) is 0.738. The molecule has 0 aliphatic carbocycles. The second-order valence-corrected chi connectivity index (χ2v) is 5.02. The van der Waals surface area contributed by atoms with E-state index in [1.807, 2.05) is 7.05 Å². The summed E-state index contributed by atoms with van der Waals surface area (Å²) in [6.07, 6.45) is 0.345. The van der Waals surface area contributed by atoms with Crippen molar-refractivity contribution in [1.82, 2.24) is 10.2 Å². The molecule has 2 unspecified atom stereocenters. The highest BCUT2D eigenvalue weighted by Gasteiger charge is 2.32. The Kier molecular flexibility index (Phi) is 3.93. The first kappa shape index (κ1) is 12.0. The second kappa shape index (κ2) is 4.60. The van der Waals surface area contributed by atoms with Crippen LogP contribution in [0.4, 0.5) is 0 Å². The summed E-state index contributed by atoms with van der Waals surface area (Å²) in [7, 11) is 2.01. The number of hydrogen-bond acceptors (Lipinski definition) is 3. The van der Waals surface area contributed by atoms with Crippen LogP contribution in [0, 0.1) is 0 Å². The van der Waals surface area contributed by atoms with Gasteiger partial charge < -0.3 is 10.1 Å². The number of hydrogen-bond donors (Lipinski definition) is 1. The van der Waals surface area contributed by atoms with Gasteiger partial charge in [-0.05, 0) is 34.7 Å². The summed E-state index contributed by atoms with van der Waals surface area (Å²) in [5.41, 5.74) is -0.000329. The van der Waals surface area contributed by atoms with Crippen molar-refractivity contribution in [2.45, 2.75) is 45.4 Å². The van der Waals surface area contributed by atoms with E-state index in [9.17, 15) is 0 Å². The zero-order valence-corrected chi connectivity index (χ0v) is 10.1. The summed E-state index contributed by atoms with van der Waals surface area (Å²) in [4.78, 5) is 2.50. The molecule has 0 aromatic heterocycles. The maximum Gasteiger partial charge on any atom is 0.0757 e. The van der Waals surface area contributed by atoms with Gasteiger partial charge in [0.15, 0.2) is 0 Å². The van der Waals surface area contributed by atoms with Gasteiger partial charge in [-0.2, -0.15) is 0 Å². The molecule has 1 heterocycles. The molecule has 14 heavy (non-hydrogen) atoms. The Labute approximate surface area is 87.8 Å². The molecule has 0 spiro atoms. The van der Waals surface area contributed by atoms with Gasteiger partial charge in [0.2, 0.25) is 0 Å². The lowest BCUT2D eigenvalue weighted by Crippen LogP contribution is -2.56. The molecule has 0 radical (unpaired) electrons. The predicted octanol–water partition coefficient (Wildman–Crippen LogP) is 1.09. The lowest BCUT2D eigenvalue weighted by Gasteiger charge is -2.44. The van der Waals surface area contributed by atoms with Crippen LogP contribution in [0.25, 0.3) is 0 Å². The third-order valence-corrected chi connectivity index (χ3v) is 2.72. The van der Waals surface area contributed by atoms with Crippen LogP contribution in [-0.2, 0) is 4.74 Å². The van der Waals surface area contributed by atoms with Crippen molar-refractivity contribution in [3.05, 3.63) is 0 Å². The lowest BCUT2D eigenvalue weighted by molar-refractivity contribution is -0.136. The Morgan fingerprint density at radius 1 is 1.57 bits per heavy atom. The molecule has 1 N–H and O–H groups in total. The van der Waals surface area contributed by atoms with Crippen LogP contribution in [-0.4, -0.2) is 49.3 Å². The Hall–Kier alpha value is -0.120. The molecule has 1 fully saturated rings. The molecule has 1 saturated heterocycles. The molecular weight excluding hydrogens is 176 g/mol. The molecule has 2 atom stereocenters. The standard InChI is InChI=1S/C11H24N2O/c1-9(6-12-5)13-7-10(2)14-11(3,4)8-13/h9-10,12H,6-8H2,1-5H3. The van der Waals surface area contributed by atoms with E-state index in [0.717, 1.165) is 19.6 Å². The number of ether oxygens (including phenoxy) is 1. The minimum absolute atomic E-state index is 0.000329. The number of morpholine rings is 1. The summed E-state index contributed by atoms with van der Waals surface area (Å²) in [5, 5.41) is 3.22. The predicted molar refractivity (Wildman–Crippen MR) is 59.6 cm³/mol. The molecule has 3 nitrogen and oxygen atoms in total. The van der Waals surface area contributed by atoms with Crippen molar-refractivity contribution in [3.63, 3.8) is 0 Å². The van der Waals surface area contributed by atoms with Crippen LogP contribution in [0.15, 0.2) is 0 Å². The van der Waals surface area contributed by atoms with Gasteiger partial charge in [-0.25, -0.2) is 0 Å². The first-order valence-electron chi connectivity index (χ1n) is 5.51. The molecule has 1 aliphatic heterocycles. The van der Waals surface area contributed by atoms with Crippen molar-refractivity contribution in [2.24, 2.45) is 0 Å². The maximum absolute atomic E-state index is 5.87. The van der Waals surface area contributed by atoms with Crippen molar-refractivity contribution < 1.29 is 4.74 Å². The molecule has 0 amide bonds. The number of rotatable bonds is 3. The van der Waals surface area contributed by atoms with Gasteiger partial charge >= 0.3 is 0 Å². The Morgan fingerprint density at radius 3 is 2.71 bits per heavy atom. The molecule has 0 bridgehead atoms. The van der Waals surface area contributed by atoms with E-state index in [0.29, 0.717) is 12.1 Å². The van der Waals surface area contributed by atoms with Crippen LogP contribution in [0.2, 0.25) is 0 Å². The van der Waals surface area contributed by atoms with Crippen LogP contribution < -0.4 is 5.32 Å². The normalized spacial score (nSPS) is 30.2. The van der Waals surface area contributed by atoms with Crippen molar-refractivity contribution in [2.75, 3.05) is 26.7 Å². The van der Waals surface area contributed by atoms with Crippen LogP contribution in [0.1, 0.15) is 27.7 Å². The highest BCUT2D eigenvalue weighted by molar-refractivity contribution is 4.85. The van der Waals surface area contributed by atoms with E-state index in [4.69, 9.17) is 4.74 Å². The zero-order valence-electron chi connectivity index (χ0n) is 10.1. The molecule has 84 valence electrons. The fraction of sp³-hybridized carbons (Fsp3) is 1.00. The molecule has 0 saturated carbocycles. The van der Waals surface area contributed by atoms with E-state index in [-0.39, 0.29) is 5.60 Å². The zero-order chi connectivity index (χ0) is 10.8. The summed E-state index contributed by atoms with van der Waals surface area (Å²) in [6.45, 7) is 11.9. The molecule has 1 aliphatic rings. The first-order valence-corrected chi connectivity index (χ1v) is 5.51. The number of nitrogens with one attached hydrogen (secondary N) is 1. The highest BCUT2D eigenvalue weighted by Crippen LogP contribution is 2.21. The summed E-state index contributed by atoms with van der Waals surface area (Å²) in [5.74, 6) is 0. The van der Waals surface area contributed by atoms with E-state index in [2.05, 4.69) is 37.9 Å². The van der Waals surface area contributed by atoms with Gasteiger partial charge in [-0.15, -0.1) is 0 Å². The summed E-state index contributed by atoms with van der Waals surface area (Å²) < 4.78 is 5.87. The van der Waals surface area contributed by atoms with Crippen molar-refractivity contribution in [3.8, 4) is 0 Å². The topological polar surface area (TPSA) is 24.5 Å². The largest absolute Gasteiger partial charge is 0.370 e. The molecular formula is C11H24N2O. The van der Waals surface area contributed by atoms with E-state index >= 15 is 0 Å². The third-order valence-electron chi connectivity index (χ3n) is 2.72. The average Bonchev–Trinajstić information content (AvgIpc) is 2.00. The summed E-state index contributed by atoms with van der Waals surface area (Å²) in [6, 6.07) is 0.589. The monoisotopic (exact) mass is 200 g/mol. The highest BCUT2D eigenvalue weighted by atomic mass is 16.5. The fourth-order valence-electron chi connectivity index (χ4n) is 2.26. The molecule has 3 heteroatoms. The SMILES string of the molecule is CNCC(C)N1CC(C)OC(C)(C)C1.